The number of allylic oxidation sites excluding steroid dienone is 2. The molecule has 178 valence electrons. The SMILES string of the molecule is Cc1cc2c3c(c4c(Nc5ncccn5)[nH]cc4c2c2c1=N[N+](=O)C=2)C1=CC=C(CC(C)C)CC1N3. The number of nitroso groups, excluding NO2 is 1. The molecule has 0 spiro atoms. The fourth-order valence-electron chi connectivity index (χ4n) is 5.97. The first kappa shape index (κ1) is 21.0. The van der Waals surface area contributed by atoms with Crippen molar-refractivity contribution in [2.24, 2.45) is 11.0 Å². The lowest BCUT2D eigenvalue weighted by molar-refractivity contribution is -0.449. The topological polar surface area (TPSA) is 98.1 Å². The quantitative estimate of drug-likeness (QED) is 0.368. The lowest BCUT2D eigenvalue weighted by Gasteiger charge is -2.21. The van der Waals surface area contributed by atoms with E-state index in [-0.39, 0.29) is 6.04 Å². The van der Waals surface area contributed by atoms with E-state index in [1.54, 1.807) is 24.7 Å². The third-order valence-electron chi connectivity index (χ3n) is 7.31. The molecule has 0 bridgehead atoms. The van der Waals surface area contributed by atoms with Crippen LogP contribution in [0, 0.1) is 17.7 Å². The first-order chi connectivity index (χ1) is 17.5. The second kappa shape index (κ2) is 7.58. The molecule has 8 nitrogen and oxygen atoms in total. The first-order valence-electron chi connectivity index (χ1n) is 12.4. The van der Waals surface area contributed by atoms with E-state index in [4.69, 9.17) is 0 Å². The number of benzene rings is 2. The number of hydrogen-bond acceptors (Lipinski definition) is 5. The number of aryl methyl sites for hydroxylation is 1. The van der Waals surface area contributed by atoms with Gasteiger partial charge in [0, 0.05) is 45.7 Å². The fourth-order valence-corrected chi connectivity index (χ4v) is 5.97. The van der Waals surface area contributed by atoms with Gasteiger partial charge in [0.2, 0.25) is 5.95 Å². The van der Waals surface area contributed by atoms with Crippen LogP contribution >= 0.6 is 0 Å². The highest BCUT2D eigenvalue weighted by atomic mass is 16.3. The van der Waals surface area contributed by atoms with E-state index < -0.39 is 0 Å². The van der Waals surface area contributed by atoms with Gasteiger partial charge in [0.1, 0.15) is 5.82 Å². The maximum atomic E-state index is 12.3. The molecule has 3 N–H and O–H groups in total. The maximum Gasteiger partial charge on any atom is 0.270 e. The van der Waals surface area contributed by atoms with Crippen LogP contribution in [0.5, 0.6) is 0 Å². The number of hydrogen-bond donors (Lipinski definition) is 3. The second-order valence-corrected chi connectivity index (χ2v) is 10.3. The van der Waals surface area contributed by atoms with Crippen molar-refractivity contribution < 1.29 is 4.87 Å². The summed E-state index contributed by atoms with van der Waals surface area (Å²) in [5.41, 5.74) is 6.04. The summed E-state index contributed by atoms with van der Waals surface area (Å²) >= 11 is 0. The van der Waals surface area contributed by atoms with Gasteiger partial charge in [-0.05, 0) is 49.0 Å². The van der Waals surface area contributed by atoms with Gasteiger partial charge in [0.15, 0.2) is 10.2 Å². The first-order valence-corrected chi connectivity index (χ1v) is 12.4. The summed E-state index contributed by atoms with van der Waals surface area (Å²) in [5.74, 6) is 1.97. The van der Waals surface area contributed by atoms with Gasteiger partial charge in [-0.3, -0.25) is 0 Å². The summed E-state index contributed by atoms with van der Waals surface area (Å²) in [5, 5.41) is 17.3. The monoisotopic (exact) mass is 476 g/mol. The Bertz CT molecular complexity index is 1800. The maximum absolute atomic E-state index is 12.3. The molecule has 2 aromatic heterocycles. The van der Waals surface area contributed by atoms with Gasteiger partial charge in [-0.2, -0.15) is 0 Å². The smallest absolute Gasteiger partial charge is 0.270 e. The molecule has 0 amide bonds. The average molecular weight is 477 g/mol. The minimum Gasteiger partial charge on any atom is -0.377 e. The zero-order valence-electron chi connectivity index (χ0n) is 20.4. The van der Waals surface area contributed by atoms with Crippen molar-refractivity contribution in [2.45, 2.75) is 39.7 Å². The third-order valence-corrected chi connectivity index (χ3v) is 7.31. The molecule has 1 unspecified atom stereocenters. The molecular weight excluding hydrogens is 450 g/mol. The summed E-state index contributed by atoms with van der Waals surface area (Å²) in [6, 6.07) is 4.17. The molecule has 2 aromatic carbocycles. The molecule has 0 saturated heterocycles. The molecule has 4 heterocycles. The molecule has 8 heteroatoms. The normalized spacial score (nSPS) is 17.8. The predicted molar refractivity (Wildman–Crippen MR) is 142 cm³/mol. The summed E-state index contributed by atoms with van der Waals surface area (Å²) < 4.78 is 0. The Balaban J connectivity index is 1.55. The molecule has 0 radical (unpaired) electrons. The highest BCUT2D eigenvalue weighted by molar-refractivity contribution is 6.24. The van der Waals surface area contributed by atoms with E-state index >= 15 is 0 Å². The van der Waals surface area contributed by atoms with E-state index in [9.17, 15) is 4.91 Å². The summed E-state index contributed by atoms with van der Waals surface area (Å²) in [6.45, 7) is 6.55. The Morgan fingerprint density at radius 2 is 2.00 bits per heavy atom. The Hall–Kier alpha value is -4.33. The molecule has 3 aliphatic rings. The standard InChI is InChI=1S/C28H26N7O/c1-14(2)9-16-5-6-17-21(11-16)32-26-18-10-15(3)25-20(13-35(36)34-25)22(18)19-12-31-27(24(19)23(17)26)33-28-29-7-4-8-30-28/h4-8,10,12-14,21,31-32H,9,11H2,1-3H3,(H,29,30,33)/q+1. The van der Waals surface area contributed by atoms with Crippen LogP contribution in [-0.4, -0.2) is 25.9 Å². The zero-order valence-corrected chi connectivity index (χ0v) is 20.4. The van der Waals surface area contributed by atoms with Crippen LogP contribution < -0.4 is 21.2 Å². The highest BCUT2D eigenvalue weighted by Crippen LogP contribution is 2.50. The number of anilines is 3. The van der Waals surface area contributed by atoms with Crippen molar-refractivity contribution >= 4 is 50.8 Å². The van der Waals surface area contributed by atoms with E-state index in [0.29, 0.717) is 16.7 Å². The van der Waals surface area contributed by atoms with Crippen molar-refractivity contribution in [3.63, 3.8) is 0 Å². The fraction of sp³-hybridized carbons (Fsp3) is 0.250. The molecular formula is C28H26N7O+. The summed E-state index contributed by atoms with van der Waals surface area (Å²) in [6.07, 6.45) is 13.7. The van der Waals surface area contributed by atoms with Crippen molar-refractivity contribution in [2.75, 3.05) is 10.6 Å². The molecule has 4 aromatic rings. The predicted octanol–water partition coefficient (Wildman–Crippen LogP) is 4.78. The number of aromatic amines is 1. The number of aromatic nitrogens is 3. The van der Waals surface area contributed by atoms with Gasteiger partial charge >= 0.3 is 0 Å². The number of fused-ring (bicyclic) bond motifs is 10. The van der Waals surface area contributed by atoms with Crippen LogP contribution in [0.15, 0.2) is 53.5 Å². The lowest BCUT2D eigenvalue weighted by atomic mass is 9.86. The number of nitrogens with zero attached hydrogens (tertiary/aromatic N) is 4. The van der Waals surface area contributed by atoms with Gasteiger partial charge < -0.3 is 15.6 Å². The van der Waals surface area contributed by atoms with Crippen molar-refractivity contribution in [3.8, 4) is 0 Å². The van der Waals surface area contributed by atoms with Gasteiger partial charge in [0.25, 0.3) is 6.20 Å². The molecule has 0 saturated carbocycles. The van der Waals surface area contributed by atoms with Gasteiger partial charge in [-0.1, -0.05) is 31.6 Å². The van der Waals surface area contributed by atoms with Crippen LogP contribution in [0.3, 0.4) is 0 Å². The minimum atomic E-state index is 0.210. The Morgan fingerprint density at radius 1 is 1.17 bits per heavy atom. The van der Waals surface area contributed by atoms with Crippen LogP contribution in [0.4, 0.5) is 17.5 Å². The number of nitrogens with one attached hydrogen (secondary N) is 3. The van der Waals surface area contributed by atoms with Crippen LogP contribution in [-0.2, 0) is 0 Å². The average Bonchev–Trinajstić information content (AvgIpc) is 3.54. The molecule has 7 rings (SSSR count). The second-order valence-electron chi connectivity index (χ2n) is 10.3. The van der Waals surface area contributed by atoms with Crippen molar-refractivity contribution in [1.29, 1.82) is 0 Å². The van der Waals surface area contributed by atoms with Crippen LogP contribution in [0.2, 0.25) is 0 Å². The Labute approximate surface area is 207 Å². The third kappa shape index (κ3) is 3.03. The highest BCUT2D eigenvalue weighted by Gasteiger charge is 2.35. The largest absolute Gasteiger partial charge is 0.377 e. The molecule has 36 heavy (non-hydrogen) atoms. The molecule has 1 atom stereocenters. The Kier molecular flexibility index (Phi) is 4.42. The van der Waals surface area contributed by atoms with Crippen molar-refractivity contribution in [3.05, 3.63) is 75.1 Å². The molecule has 1 aliphatic carbocycles. The number of rotatable bonds is 4. The van der Waals surface area contributed by atoms with E-state index in [0.717, 1.165) is 62.0 Å². The minimum absolute atomic E-state index is 0.210. The lowest BCUT2D eigenvalue weighted by Crippen LogP contribution is -2.25. The molecule has 0 fully saturated rings. The Morgan fingerprint density at radius 3 is 2.81 bits per heavy atom. The zero-order chi connectivity index (χ0) is 24.6. The van der Waals surface area contributed by atoms with Gasteiger partial charge in [0.05, 0.1) is 27.0 Å². The summed E-state index contributed by atoms with van der Waals surface area (Å²) in [4.78, 5) is 25.1. The summed E-state index contributed by atoms with van der Waals surface area (Å²) in [7, 11) is 0. The van der Waals surface area contributed by atoms with E-state index in [1.165, 1.54) is 16.7 Å². The van der Waals surface area contributed by atoms with E-state index in [1.807, 2.05) is 13.1 Å². The van der Waals surface area contributed by atoms with Crippen LogP contribution in [0.25, 0.3) is 33.3 Å². The van der Waals surface area contributed by atoms with E-state index in [2.05, 4.69) is 62.8 Å². The van der Waals surface area contributed by atoms with Crippen LogP contribution in [0.1, 0.15) is 37.8 Å². The van der Waals surface area contributed by atoms with Gasteiger partial charge in [-0.15, -0.1) is 0 Å². The van der Waals surface area contributed by atoms with Crippen molar-refractivity contribution in [1.82, 2.24) is 15.0 Å². The molecule has 2 aliphatic heterocycles. The number of H-pyrrole nitrogens is 1. The van der Waals surface area contributed by atoms with Gasteiger partial charge in [-0.25, -0.2) is 9.97 Å².